The molecule has 1 amide bonds. The first kappa shape index (κ1) is 11.1. The lowest BCUT2D eigenvalue weighted by atomic mass is 10.3. The van der Waals surface area contributed by atoms with Crippen LogP contribution in [0.1, 0.15) is 12.1 Å². The van der Waals surface area contributed by atoms with Crippen LogP contribution in [0.4, 0.5) is 0 Å². The number of aromatic nitrogens is 1. The molecule has 0 aliphatic heterocycles. The summed E-state index contributed by atoms with van der Waals surface area (Å²) in [6.07, 6.45) is 0.121. The highest BCUT2D eigenvalue weighted by molar-refractivity contribution is 7.80. The first-order valence-electron chi connectivity index (χ1n) is 3.99. The number of thiocarbonyl (C=S) groups is 1. The minimum Gasteiger partial charge on any atom is -0.393 e. The van der Waals surface area contributed by atoms with E-state index < -0.39 is 0 Å². The Balaban J connectivity index is 2.46. The highest BCUT2D eigenvalue weighted by atomic mass is 32.1. The van der Waals surface area contributed by atoms with Gasteiger partial charge in [-0.1, -0.05) is 12.2 Å². The summed E-state index contributed by atoms with van der Waals surface area (Å²) in [5.74, 6) is -0.0782. The maximum atomic E-state index is 11.4. The lowest BCUT2D eigenvalue weighted by molar-refractivity contribution is -0.129. The molecule has 14 heavy (non-hydrogen) atoms. The van der Waals surface area contributed by atoms with Gasteiger partial charge in [-0.25, -0.2) is 4.98 Å². The summed E-state index contributed by atoms with van der Waals surface area (Å²) in [5, 5.41) is 1.91. The third-order valence-corrected chi connectivity index (χ3v) is 2.41. The second kappa shape index (κ2) is 5.02. The molecule has 0 aromatic carbocycles. The summed E-state index contributed by atoms with van der Waals surface area (Å²) in [6, 6.07) is 0. The van der Waals surface area contributed by atoms with Crippen LogP contribution in [-0.4, -0.2) is 27.8 Å². The quantitative estimate of drug-likeness (QED) is 0.775. The van der Waals surface area contributed by atoms with Crippen molar-refractivity contribution in [2.75, 3.05) is 7.05 Å². The summed E-state index contributed by atoms with van der Waals surface area (Å²) in [4.78, 5) is 17.3. The van der Waals surface area contributed by atoms with Crippen molar-refractivity contribution >= 4 is 34.5 Å². The lowest BCUT2D eigenvalue weighted by Gasteiger charge is -2.15. The summed E-state index contributed by atoms with van der Waals surface area (Å²) >= 11 is 6.16. The molecule has 0 saturated carbocycles. The Bertz CT molecular complexity index is 323. The highest BCUT2D eigenvalue weighted by Gasteiger charge is 2.10. The molecule has 0 bridgehead atoms. The monoisotopic (exact) mass is 229 g/mol. The van der Waals surface area contributed by atoms with Crippen LogP contribution < -0.4 is 5.73 Å². The molecule has 0 saturated heterocycles. The summed E-state index contributed by atoms with van der Waals surface area (Å²) in [5.41, 5.74) is 7.90. The second-order valence-corrected chi connectivity index (χ2v) is 4.12. The van der Waals surface area contributed by atoms with Gasteiger partial charge in [-0.3, -0.25) is 4.79 Å². The van der Waals surface area contributed by atoms with E-state index in [4.69, 9.17) is 5.73 Å². The van der Waals surface area contributed by atoms with Gasteiger partial charge in [0.25, 0.3) is 0 Å². The predicted molar refractivity (Wildman–Crippen MR) is 60.0 cm³/mol. The van der Waals surface area contributed by atoms with E-state index in [0.717, 1.165) is 5.69 Å². The molecule has 0 radical (unpaired) electrons. The number of carbonyl (C=O) groups excluding carboxylic acids is 1. The molecule has 0 fully saturated rings. The van der Waals surface area contributed by atoms with Crippen LogP contribution >= 0.6 is 23.6 Å². The van der Waals surface area contributed by atoms with Crippen LogP contribution in [0.15, 0.2) is 10.9 Å². The fourth-order valence-corrected chi connectivity index (χ4v) is 1.60. The van der Waals surface area contributed by atoms with Crippen LogP contribution in [0.3, 0.4) is 0 Å². The van der Waals surface area contributed by atoms with Crippen molar-refractivity contribution in [3.05, 3.63) is 16.6 Å². The molecule has 1 rings (SSSR count). The first-order valence-corrected chi connectivity index (χ1v) is 5.34. The number of carbonyl (C=O) groups is 1. The van der Waals surface area contributed by atoms with E-state index in [0.29, 0.717) is 6.54 Å². The van der Waals surface area contributed by atoms with Gasteiger partial charge in [-0.05, 0) is 0 Å². The SMILES string of the molecule is CN(Cc1cscn1)C(=O)CC(N)=S. The zero-order chi connectivity index (χ0) is 10.6. The molecule has 1 aromatic heterocycles. The molecule has 0 aliphatic rings. The molecule has 0 spiro atoms. The molecular weight excluding hydrogens is 218 g/mol. The van der Waals surface area contributed by atoms with Crippen LogP contribution in [0.5, 0.6) is 0 Å². The summed E-state index contributed by atoms with van der Waals surface area (Å²) < 4.78 is 0. The van der Waals surface area contributed by atoms with Gasteiger partial charge < -0.3 is 10.6 Å². The van der Waals surface area contributed by atoms with Gasteiger partial charge in [-0.15, -0.1) is 11.3 Å². The van der Waals surface area contributed by atoms with E-state index in [1.54, 1.807) is 17.5 Å². The Morgan fingerprint density at radius 1 is 1.79 bits per heavy atom. The van der Waals surface area contributed by atoms with E-state index in [9.17, 15) is 4.79 Å². The third kappa shape index (κ3) is 3.39. The molecule has 2 N–H and O–H groups in total. The molecule has 1 aromatic rings. The fourth-order valence-electron chi connectivity index (χ4n) is 0.931. The van der Waals surface area contributed by atoms with Gasteiger partial charge in [0.2, 0.25) is 5.91 Å². The van der Waals surface area contributed by atoms with Gasteiger partial charge in [0.1, 0.15) is 0 Å². The van der Waals surface area contributed by atoms with Crippen molar-refractivity contribution in [1.82, 2.24) is 9.88 Å². The molecule has 4 nitrogen and oxygen atoms in total. The van der Waals surface area contributed by atoms with Gasteiger partial charge in [-0.2, -0.15) is 0 Å². The van der Waals surface area contributed by atoms with Crippen molar-refractivity contribution in [1.29, 1.82) is 0 Å². The number of nitrogens with two attached hydrogens (primary N) is 1. The van der Waals surface area contributed by atoms with E-state index in [1.165, 1.54) is 11.3 Å². The Morgan fingerprint density at radius 2 is 2.50 bits per heavy atom. The van der Waals surface area contributed by atoms with E-state index in [2.05, 4.69) is 17.2 Å². The molecule has 6 heteroatoms. The third-order valence-electron chi connectivity index (χ3n) is 1.63. The van der Waals surface area contributed by atoms with Crippen LogP contribution in [0.25, 0.3) is 0 Å². The number of rotatable bonds is 4. The highest BCUT2D eigenvalue weighted by Crippen LogP contribution is 2.04. The van der Waals surface area contributed by atoms with Gasteiger partial charge >= 0.3 is 0 Å². The molecular formula is C8H11N3OS2. The van der Waals surface area contributed by atoms with Crippen molar-refractivity contribution in [2.24, 2.45) is 5.73 Å². The van der Waals surface area contributed by atoms with Gasteiger partial charge in [0.15, 0.2) is 0 Å². The average Bonchev–Trinajstić information content (AvgIpc) is 2.55. The Hall–Kier alpha value is -1.01. The minimum absolute atomic E-state index is 0.0782. The van der Waals surface area contributed by atoms with Crippen molar-refractivity contribution in [2.45, 2.75) is 13.0 Å². The Labute approximate surface area is 91.7 Å². The Morgan fingerprint density at radius 3 is 3.00 bits per heavy atom. The Kier molecular flexibility index (Phi) is 3.97. The molecule has 76 valence electrons. The molecule has 0 aliphatic carbocycles. The van der Waals surface area contributed by atoms with Crippen LogP contribution in [0.2, 0.25) is 0 Å². The molecule has 0 atom stereocenters. The average molecular weight is 229 g/mol. The van der Waals surface area contributed by atoms with Gasteiger partial charge in [0, 0.05) is 12.4 Å². The van der Waals surface area contributed by atoms with Crippen molar-refractivity contribution < 1.29 is 4.79 Å². The fraction of sp³-hybridized carbons (Fsp3) is 0.375. The maximum absolute atomic E-state index is 11.4. The largest absolute Gasteiger partial charge is 0.393 e. The standard InChI is InChI=1S/C8H11N3OS2/c1-11(8(12)2-7(9)13)3-6-4-14-5-10-6/h4-5H,2-3H2,1H3,(H2,9,13). The number of hydrogen-bond acceptors (Lipinski definition) is 4. The van der Waals surface area contributed by atoms with E-state index in [-0.39, 0.29) is 17.3 Å². The lowest BCUT2D eigenvalue weighted by Crippen LogP contribution is -2.29. The van der Waals surface area contributed by atoms with E-state index >= 15 is 0 Å². The number of thiazole rings is 1. The summed E-state index contributed by atoms with van der Waals surface area (Å²) in [7, 11) is 1.71. The second-order valence-electron chi connectivity index (χ2n) is 2.87. The van der Waals surface area contributed by atoms with Crippen LogP contribution in [0, 0.1) is 0 Å². The number of amides is 1. The number of hydrogen-bond donors (Lipinski definition) is 1. The van der Waals surface area contributed by atoms with E-state index in [1.807, 2.05) is 5.38 Å². The number of nitrogens with zero attached hydrogens (tertiary/aromatic N) is 2. The normalized spacial score (nSPS) is 9.79. The minimum atomic E-state index is -0.0782. The molecule has 0 unspecified atom stereocenters. The predicted octanol–water partition coefficient (Wildman–Crippen LogP) is 0.778. The topological polar surface area (TPSA) is 59.2 Å². The van der Waals surface area contributed by atoms with Crippen molar-refractivity contribution in [3.8, 4) is 0 Å². The zero-order valence-corrected chi connectivity index (χ0v) is 9.40. The first-order chi connectivity index (χ1) is 6.59. The smallest absolute Gasteiger partial charge is 0.229 e. The van der Waals surface area contributed by atoms with Crippen LogP contribution in [-0.2, 0) is 11.3 Å². The van der Waals surface area contributed by atoms with Gasteiger partial charge in [0.05, 0.1) is 29.2 Å². The maximum Gasteiger partial charge on any atom is 0.229 e. The summed E-state index contributed by atoms with van der Waals surface area (Å²) in [6.45, 7) is 0.505. The van der Waals surface area contributed by atoms with Crippen molar-refractivity contribution in [3.63, 3.8) is 0 Å². The zero-order valence-electron chi connectivity index (χ0n) is 7.77. The molecule has 1 heterocycles.